The van der Waals surface area contributed by atoms with Crippen molar-refractivity contribution in [3.63, 3.8) is 0 Å². The molecule has 0 aliphatic rings. The number of halogens is 1. The monoisotopic (exact) mass is 224 g/mol. The summed E-state index contributed by atoms with van der Waals surface area (Å²) in [6, 6.07) is 5.09. The molecule has 1 rings (SSSR count). The molecule has 0 aliphatic carbocycles. The molecule has 88 valence electrons. The number of Topliss-reactive ketones (excluding diaryl/α,β-unsaturated/α-hetero) is 1. The van der Waals surface area contributed by atoms with Gasteiger partial charge in [-0.05, 0) is 24.5 Å². The van der Waals surface area contributed by atoms with Crippen molar-refractivity contribution in [3.05, 3.63) is 29.6 Å². The Kier molecular flexibility index (Phi) is 4.96. The molecule has 16 heavy (non-hydrogen) atoms. The Bertz CT molecular complexity index is 361. The molecule has 0 amide bonds. The Morgan fingerprint density at radius 3 is 2.81 bits per heavy atom. The summed E-state index contributed by atoms with van der Waals surface area (Å²) in [6.45, 7) is 1.84. The van der Waals surface area contributed by atoms with Crippen LogP contribution in [0.4, 0.5) is 4.39 Å². The lowest BCUT2D eigenvalue weighted by atomic mass is 10.0. The zero-order chi connectivity index (χ0) is 12.0. The summed E-state index contributed by atoms with van der Waals surface area (Å²) in [5.74, 6) is 0.177. The Balaban J connectivity index is 2.57. The number of carbonyl (C=O) groups is 1. The van der Waals surface area contributed by atoms with E-state index in [1.165, 1.54) is 7.11 Å². The standard InChI is InChI=1S/C13H17FO2/c1-3-11(15)8-4-6-10-7-5-9-12(16-2)13(10)14/h5,7,9H,3-4,6,8H2,1-2H3. The van der Waals surface area contributed by atoms with Crippen LogP contribution in [0.2, 0.25) is 0 Å². The lowest BCUT2D eigenvalue weighted by molar-refractivity contribution is -0.118. The van der Waals surface area contributed by atoms with Gasteiger partial charge in [0.1, 0.15) is 5.78 Å². The van der Waals surface area contributed by atoms with E-state index in [4.69, 9.17) is 4.74 Å². The van der Waals surface area contributed by atoms with E-state index in [1.807, 2.05) is 6.92 Å². The van der Waals surface area contributed by atoms with E-state index < -0.39 is 0 Å². The second-order valence-corrected chi connectivity index (χ2v) is 3.68. The van der Waals surface area contributed by atoms with Crippen molar-refractivity contribution in [3.8, 4) is 5.75 Å². The van der Waals surface area contributed by atoms with E-state index in [2.05, 4.69) is 0 Å². The Hall–Kier alpha value is -1.38. The van der Waals surface area contributed by atoms with Crippen LogP contribution in [0.15, 0.2) is 18.2 Å². The quantitative estimate of drug-likeness (QED) is 0.742. The molecule has 0 saturated heterocycles. The Morgan fingerprint density at radius 2 is 2.19 bits per heavy atom. The van der Waals surface area contributed by atoms with Crippen molar-refractivity contribution in [1.29, 1.82) is 0 Å². The highest BCUT2D eigenvalue weighted by molar-refractivity contribution is 5.77. The first-order valence-corrected chi connectivity index (χ1v) is 5.52. The van der Waals surface area contributed by atoms with Crippen molar-refractivity contribution in [2.45, 2.75) is 32.6 Å². The van der Waals surface area contributed by atoms with Gasteiger partial charge < -0.3 is 4.74 Å². The van der Waals surface area contributed by atoms with Gasteiger partial charge in [-0.1, -0.05) is 19.1 Å². The Labute approximate surface area is 95.4 Å². The number of ketones is 1. The summed E-state index contributed by atoms with van der Waals surface area (Å²) in [5, 5.41) is 0. The number of aryl methyl sites for hydroxylation is 1. The van der Waals surface area contributed by atoms with Crippen molar-refractivity contribution < 1.29 is 13.9 Å². The van der Waals surface area contributed by atoms with Gasteiger partial charge in [0.05, 0.1) is 7.11 Å². The second kappa shape index (κ2) is 6.26. The molecule has 3 heteroatoms. The largest absolute Gasteiger partial charge is 0.494 e. The first-order chi connectivity index (χ1) is 7.69. The number of methoxy groups -OCH3 is 1. The molecular formula is C13H17FO2. The number of benzene rings is 1. The van der Waals surface area contributed by atoms with Gasteiger partial charge in [-0.25, -0.2) is 4.39 Å². The van der Waals surface area contributed by atoms with Gasteiger partial charge in [0.25, 0.3) is 0 Å². The summed E-state index contributed by atoms with van der Waals surface area (Å²) >= 11 is 0. The maximum atomic E-state index is 13.7. The fourth-order valence-electron chi connectivity index (χ4n) is 1.56. The maximum Gasteiger partial charge on any atom is 0.168 e. The average Bonchev–Trinajstić information content (AvgIpc) is 2.31. The summed E-state index contributed by atoms with van der Waals surface area (Å²) in [4.78, 5) is 11.1. The SMILES string of the molecule is CCC(=O)CCCc1cccc(OC)c1F. The normalized spacial score (nSPS) is 10.2. The third-order valence-corrected chi connectivity index (χ3v) is 2.56. The molecule has 0 saturated carbocycles. The zero-order valence-electron chi connectivity index (χ0n) is 9.75. The Morgan fingerprint density at radius 1 is 1.44 bits per heavy atom. The first-order valence-electron chi connectivity index (χ1n) is 5.52. The molecule has 2 nitrogen and oxygen atoms in total. The van der Waals surface area contributed by atoms with Crippen molar-refractivity contribution in [2.24, 2.45) is 0 Å². The van der Waals surface area contributed by atoms with E-state index in [0.717, 1.165) is 0 Å². The predicted molar refractivity (Wildman–Crippen MR) is 61.2 cm³/mol. The van der Waals surface area contributed by atoms with Gasteiger partial charge in [0, 0.05) is 12.8 Å². The summed E-state index contributed by atoms with van der Waals surface area (Å²) in [7, 11) is 1.45. The van der Waals surface area contributed by atoms with Crippen LogP contribution in [0, 0.1) is 5.82 Å². The molecule has 0 radical (unpaired) electrons. The molecule has 0 aliphatic heterocycles. The predicted octanol–water partition coefficient (Wildman–Crippen LogP) is 3.14. The maximum absolute atomic E-state index is 13.7. The second-order valence-electron chi connectivity index (χ2n) is 3.68. The molecule has 1 aromatic carbocycles. The van der Waals surface area contributed by atoms with Crippen LogP contribution in [0.3, 0.4) is 0 Å². The van der Waals surface area contributed by atoms with Crippen molar-refractivity contribution in [2.75, 3.05) is 7.11 Å². The molecule has 0 atom stereocenters. The van der Waals surface area contributed by atoms with Gasteiger partial charge in [-0.3, -0.25) is 4.79 Å². The lowest BCUT2D eigenvalue weighted by Gasteiger charge is -2.06. The van der Waals surface area contributed by atoms with Crippen LogP contribution in [-0.2, 0) is 11.2 Å². The third-order valence-electron chi connectivity index (χ3n) is 2.56. The van der Waals surface area contributed by atoms with E-state index in [1.54, 1.807) is 18.2 Å². The molecule has 0 fully saturated rings. The molecule has 0 unspecified atom stereocenters. The minimum atomic E-state index is -0.311. The van der Waals surface area contributed by atoms with Crippen LogP contribution in [0.25, 0.3) is 0 Å². The summed E-state index contributed by atoms with van der Waals surface area (Å²) < 4.78 is 18.6. The number of hydrogen-bond acceptors (Lipinski definition) is 2. The molecule has 1 aromatic rings. The van der Waals surface area contributed by atoms with Gasteiger partial charge in [-0.2, -0.15) is 0 Å². The molecule has 0 aromatic heterocycles. The van der Waals surface area contributed by atoms with E-state index in [-0.39, 0.29) is 17.3 Å². The third kappa shape index (κ3) is 3.33. The molecule has 0 heterocycles. The first kappa shape index (κ1) is 12.7. The fraction of sp³-hybridized carbons (Fsp3) is 0.462. The van der Waals surface area contributed by atoms with Crippen LogP contribution in [0.1, 0.15) is 31.7 Å². The average molecular weight is 224 g/mol. The number of ether oxygens (including phenoxy) is 1. The van der Waals surface area contributed by atoms with Gasteiger partial charge in [0.2, 0.25) is 0 Å². The smallest absolute Gasteiger partial charge is 0.168 e. The highest BCUT2D eigenvalue weighted by atomic mass is 19.1. The van der Waals surface area contributed by atoms with Gasteiger partial charge in [0.15, 0.2) is 11.6 Å². The summed E-state index contributed by atoms with van der Waals surface area (Å²) in [5.41, 5.74) is 0.614. The molecule has 0 bridgehead atoms. The molecular weight excluding hydrogens is 207 g/mol. The molecule has 0 N–H and O–H groups in total. The van der Waals surface area contributed by atoms with Gasteiger partial charge >= 0.3 is 0 Å². The summed E-state index contributed by atoms with van der Waals surface area (Å²) in [6.07, 6.45) is 2.35. The van der Waals surface area contributed by atoms with Crippen molar-refractivity contribution >= 4 is 5.78 Å². The topological polar surface area (TPSA) is 26.3 Å². The van der Waals surface area contributed by atoms with E-state index >= 15 is 0 Å². The zero-order valence-corrected chi connectivity index (χ0v) is 9.75. The van der Waals surface area contributed by atoms with E-state index in [0.29, 0.717) is 31.2 Å². The van der Waals surface area contributed by atoms with Crippen LogP contribution in [-0.4, -0.2) is 12.9 Å². The lowest BCUT2D eigenvalue weighted by Crippen LogP contribution is -1.99. The van der Waals surface area contributed by atoms with Crippen LogP contribution >= 0.6 is 0 Å². The van der Waals surface area contributed by atoms with Crippen LogP contribution in [0.5, 0.6) is 5.75 Å². The number of carbonyl (C=O) groups excluding carboxylic acids is 1. The minimum Gasteiger partial charge on any atom is -0.494 e. The number of rotatable bonds is 6. The van der Waals surface area contributed by atoms with Crippen molar-refractivity contribution in [1.82, 2.24) is 0 Å². The minimum absolute atomic E-state index is 0.225. The fourth-order valence-corrected chi connectivity index (χ4v) is 1.56. The number of hydrogen-bond donors (Lipinski definition) is 0. The highest BCUT2D eigenvalue weighted by Gasteiger charge is 2.08. The van der Waals surface area contributed by atoms with E-state index in [9.17, 15) is 9.18 Å². The van der Waals surface area contributed by atoms with Gasteiger partial charge in [-0.15, -0.1) is 0 Å². The molecule has 0 spiro atoms. The highest BCUT2D eigenvalue weighted by Crippen LogP contribution is 2.21. The van der Waals surface area contributed by atoms with Crippen LogP contribution < -0.4 is 4.74 Å².